The molecule has 0 aromatic heterocycles. The second kappa shape index (κ2) is 4.88. The summed E-state index contributed by atoms with van der Waals surface area (Å²) in [6.07, 6.45) is -0.440. The van der Waals surface area contributed by atoms with E-state index in [1.807, 2.05) is 52.1 Å². The predicted molar refractivity (Wildman–Crippen MR) is 65.8 cm³/mol. The summed E-state index contributed by atoms with van der Waals surface area (Å²) in [5.41, 5.74) is 1.23. The Morgan fingerprint density at radius 2 is 1.62 bits per heavy atom. The zero-order valence-corrected chi connectivity index (χ0v) is 10.1. The Bertz CT molecular complexity index is 352. The molecule has 0 bridgehead atoms. The maximum atomic E-state index is 11.4. The zero-order valence-electron chi connectivity index (χ0n) is 10.1. The van der Waals surface area contributed by atoms with E-state index in [-0.39, 0.29) is 0 Å². The molecule has 0 radical (unpaired) electrons. The van der Waals surface area contributed by atoms with E-state index in [0.717, 1.165) is 5.69 Å². The molecule has 1 aromatic carbocycles. The number of amides is 1. The Labute approximate surface area is 96.0 Å². The molecular weight excluding hydrogens is 204 g/mol. The summed E-state index contributed by atoms with van der Waals surface area (Å²) in [4.78, 5) is 11.4. The number of carbonyl (C=O) groups is 1. The van der Waals surface area contributed by atoms with Gasteiger partial charge in [-0.1, -0.05) is 0 Å². The lowest BCUT2D eigenvalue weighted by Gasteiger charge is -2.19. The normalized spacial score (nSPS) is 10.8. The highest BCUT2D eigenvalue weighted by molar-refractivity contribution is 5.85. The Morgan fingerprint density at radius 1 is 1.12 bits per heavy atom. The Kier molecular flexibility index (Phi) is 3.77. The van der Waals surface area contributed by atoms with E-state index < -0.39 is 11.7 Å². The van der Waals surface area contributed by atoms with Crippen molar-refractivity contribution in [1.82, 2.24) is 0 Å². The molecule has 16 heavy (non-hydrogen) atoms. The van der Waals surface area contributed by atoms with Gasteiger partial charge in [-0.25, -0.2) is 4.79 Å². The maximum absolute atomic E-state index is 11.4. The number of carbonyl (C=O) groups excluding carboxylic acids is 1. The molecular formula is C12H18N2O2. The molecule has 0 heterocycles. The van der Waals surface area contributed by atoms with Gasteiger partial charge >= 0.3 is 6.09 Å². The van der Waals surface area contributed by atoms with E-state index in [9.17, 15) is 4.79 Å². The first-order chi connectivity index (χ1) is 7.40. The molecule has 0 fully saturated rings. The van der Waals surface area contributed by atoms with Gasteiger partial charge in [-0.2, -0.15) is 0 Å². The summed E-state index contributed by atoms with van der Waals surface area (Å²) >= 11 is 0. The number of hydrogen-bond donors (Lipinski definition) is 2. The molecule has 4 heteroatoms. The van der Waals surface area contributed by atoms with Crippen molar-refractivity contribution in [3.63, 3.8) is 0 Å². The lowest BCUT2D eigenvalue weighted by Crippen LogP contribution is -2.27. The van der Waals surface area contributed by atoms with Crippen molar-refractivity contribution in [2.45, 2.75) is 26.4 Å². The van der Waals surface area contributed by atoms with Crippen molar-refractivity contribution < 1.29 is 9.53 Å². The van der Waals surface area contributed by atoms with Crippen molar-refractivity contribution in [3.8, 4) is 0 Å². The lowest BCUT2D eigenvalue weighted by molar-refractivity contribution is 0.0636. The molecule has 88 valence electrons. The fourth-order valence-corrected chi connectivity index (χ4v) is 1.14. The maximum Gasteiger partial charge on any atom is 0.412 e. The molecule has 0 atom stereocenters. The van der Waals surface area contributed by atoms with Gasteiger partial charge in [0.25, 0.3) is 0 Å². The molecule has 0 spiro atoms. The molecule has 0 saturated heterocycles. The third-order valence-electron chi connectivity index (χ3n) is 1.82. The number of benzene rings is 1. The van der Waals surface area contributed by atoms with Gasteiger partial charge in [0.1, 0.15) is 5.60 Å². The van der Waals surface area contributed by atoms with Crippen LogP contribution in [0.25, 0.3) is 0 Å². The quantitative estimate of drug-likeness (QED) is 0.808. The molecule has 1 rings (SSSR count). The average molecular weight is 222 g/mol. The van der Waals surface area contributed by atoms with Crippen molar-refractivity contribution >= 4 is 17.5 Å². The first kappa shape index (κ1) is 12.4. The van der Waals surface area contributed by atoms with Crippen LogP contribution in [0.1, 0.15) is 20.8 Å². The standard InChI is InChI=1S/C12H18N2O2/c1-12(2,3)16-11(15)14-10-7-5-9(13-4)6-8-10/h5-8,13H,1-4H3,(H,14,15). The number of ether oxygens (including phenoxy) is 1. The lowest BCUT2D eigenvalue weighted by atomic mass is 10.2. The monoisotopic (exact) mass is 222 g/mol. The molecule has 0 aliphatic carbocycles. The predicted octanol–water partition coefficient (Wildman–Crippen LogP) is 3.08. The fraction of sp³-hybridized carbons (Fsp3) is 0.417. The van der Waals surface area contributed by atoms with E-state index in [1.165, 1.54) is 0 Å². The number of nitrogens with one attached hydrogen (secondary N) is 2. The molecule has 1 amide bonds. The summed E-state index contributed by atoms with van der Waals surface area (Å²) in [6, 6.07) is 7.39. The number of rotatable bonds is 2. The van der Waals surface area contributed by atoms with Crippen molar-refractivity contribution in [2.24, 2.45) is 0 Å². The van der Waals surface area contributed by atoms with Crippen LogP contribution < -0.4 is 10.6 Å². The van der Waals surface area contributed by atoms with Gasteiger partial charge in [0.2, 0.25) is 0 Å². The van der Waals surface area contributed by atoms with E-state index in [4.69, 9.17) is 4.74 Å². The second-order valence-corrected chi connectivity index (χ2v) is 4.45. The third kappa shape index (κ3) is 4.21. The first-order valence-electron chi connectivity index (χ1n) is 5.18. The van der Waals surface area contributed by atoms with E-state index in [0.29, 0.717) is 5.69 Å². The van der Waals surface area contributed by atoms with Gasteiger partial charge < -0.3 is 10.1 Å². The highest BCUT2D eigenvalue weighted by Crippen LogP contribution is 2.14. The van der Waals surface area contributed by atoms with Gasteiger partial charge in [-0.3, -0.25) is 5.32 Å². The summed E-state index contributed by atoms with van der Waals surface area (Å²) in [5, 5.41) is 5.66. The molecule has 4 nitrogen and oxygen atoms in total. The summed E-state index contributed by atoms with van der Waals surface area (Å²) in [7, 11) is 1.84. The minimum Gasteiger partial charge on any atom is -0.444 e. The van der Waals surface area contributed by atoms with E-state index in [1.54, 1.807) is 0 Å². The SMILES string of the molecule is CNc1ccc(NC(=O)OC(C)(C)C)cc1. The largest absolute Gasteiger partial charge is 0.444 e. The number of hydrogen-bond acceptors (Lipinski definition) is 3. The Morgan fingerprint density at radius 3 is 2.06 bits per heavy atom. The first-order valence-corrected chi connectivity index (χ1v) is 5.18. The molecule has 2 N–H and O–H groups in total. The van der Waals surface area contributed by atoms with Gasteiger partial charge in [-0.05, 0) is 45.0 Å². The van der Waals surface area contributed by atoms with Gasteiger partial charge in [0.05, 0.1) is 0 Å². The van der Waals surface area contributed by atoms with Crippen molar-refractivity contribution in [3.05, 3.63) is 24.3 Å². The van der Waals surface area contributed by atoms with Crippen LogP contribution in [0, 0.1) is 0 Å². The second-order valence-electron chi connectivity index (χ2n) is 4.45. The van der Waals surface area contributed by atoms with Crippen LogP contribution in [0.5, 0.6) is 0 Å². The van der Waals surface area contributed by atoms with Gasteiger partial charge in [-0.15, -0.1) is 0 Å². The minimum absolute atomic E-state index is 0.440. The smallest absolute Gasteiger partial charge is 0.412 e. The molecule has 0 saturated carbocycles. The molecule has 0 unspecified atom stereocenters. The van der Waals surface area contributed by atoms with Crippen LogP contribution in [0.2, 0.25) is 0 Å². The molecule has 1 aromatic rings. The number of anilines is 2. The van der Waals surface area contributed by atoms with E-state index >= 15 is 0 Å². The van der Waals surface area contributed by atoms with Crippen LogP contribution in [-0.4, -0.2) is 18.7 Å². The zero-order chi connectivity index (χ0) is 12.2. The summed E-state index contributed by atoms with van der Waals surface area (Å²) < 4.78 is 5.13. The van der Waals surface area contributed by atoms with Crippen LogP contribution in [-0.2, 0) is 4.74 Å². The highest BCUT2D eigenvalue weighted by Gasteiger charge is 2.15. The Balaban J connectivity index is 2.56. The topological polar surface area (TPSA) is 50.4 Å². The fourth-order valence-electron chi connectivity index (χ4n) is 1.14. The molecule has 0 aliphatic rings. The van der Waals surface area contributed by atoms with E-state index in [2.05, 4.69) is 10.6 Å². The van der Waals surface area contributed by atoms with Crippen LogP contribution >= 0.6 is 0 Å². The van der Waals surface area contributed by atoms with Gasteiger partial charge in [0.15, 0.2) is 0 Å². The molecule has 0 aliphatic heterocycles. The summed E-state index contributed by atoms with van der Waals surface area (Å²) in [5.74, 6) is 0. The van der Waals surface area contributed by atoms with Crippen LogP contribution in [0.3, 0.4) is 0 Å². The minimum atomic E-state index is -0.477. The van der Waals surface area contributed by atoms with Crippen LogP contribution in [0.4, 0.5) is 16.2 Å². The Hall–Kier alpha value is -1.71. The van der Waals surface area contributed by atoms with Crippen molar-refractivity contribution in [1.29, 1.82) is 0 Å². The third-order valence-corrected chi connectivity index (χ3v) is 1.82. The summed E-state index contributed by atoms with van der Waals surface area (Å²) in [6.45, 7) is 5.49. The van der Waals surface area contributed by atoms with Gasteiger partial charge in [0, 0.05) is 18.4 Å². The van der Waals surface area contributed by atoms with Crippen LogP contribution in [0.15, 0.2) is 24.3 Å². The average Bonchev–Trinajstić information content (AvgIpc) is 2.16. The van der Waals surface area contributed by atoms with Crippen molar-refractivity contribution in [2.75, 3.05) is 17.7 Å². The highest BCUT2D eigenvalue weighted by atomic mass is 16.6.